The van der Waals surface area contributed by atoms with Gasteiger partial charge in [-0.05, 0) is 48.6 Å². The third kappa shape index (κ3) is 5.69. The average Bonchev–Trinajstić information content (AvgIpc) is 2.59. The van der Waals surface area contributed by atoms with E-state index in [-0.39, 0.29) is 16.8 Å². The molecule has 1 amide bonds. The van der Waals surface area contributed by atoms with Crippen LogP contribution in [0.5, 0.6) is 0 Å². The Kier molecular flexibility index (Phi) is 6.33. The summed E-state index contributed by atoms with van der Waals surface area (Å²) in [5.41, 5.74) is 3.25. The fourth-order valence-corrected chi connectivity index (χ4v) is 3.06. The Morgan fingerprint density at radius 2 is 1.60 bits per heavy atom. The lowest BCUT2D eigenvalue weighted by Crippen LogP contribution is -2.26. The van der Waals surface area contributed by atoms with Crippen molar-refractivity contribution in [2.24, 2.45) is 5.14 Å². The number of carbonyl (C=O) groups is 1. The predicted octanol–water partition coefficient (Wildman–Crippen LogP) is 2.71. The second-order valence-corrected chi connectivity index (χ2v) is 7.63. The molecule has 134 valence electrons. The summed E-state index contributed by atoms with van der Waals surface area (Å²) in [6, 6.07) is 14.3. The third-order valence-corrected chi connectivity index (χ3v) is 5.09. The van der Waals surface area contributed by atoms with E-state index in [1.807, 2.05) is 6.92 Å². The highest BCUT2D eigenvalue weighted by atomic mass is 32.2. The molecule has 0 saturated carbocycles. The number of benzene rings is 2. The van der Waals surface area contributed by atoms with Crippen LogP contribution in [0.3, 0.4) is 0 Å². The van der Waals surface area contributed by atoms with Crippen molar-refractivity contribution in [2.75, 3.05) is 0 Å². The molecule has 0 bridgehead atoms. The quantitative estimate of drug-likeness (QED) is 0.795. The van der Waals surface area contributed by atoms with Gasteiger partial charge in [0, 0.05) is 6.42 Å². The van der Waals surface area contributed by atoms with E-state index in [1.165, 1.54) is 17.7 Å². The number of sulfonamides is 1. The standard InChI is InChI=1S/C19H24N2O3S/c1-3-15-4-6-16(7-5-15)8-13-19(22)21-14(2)17-9-11-18(12-10-17)25(20,23)24/h4-7,9-12,14H,3,8,13H2,1-2H3,(H,21,22)(H2,20,23,24)/t14-/m1/s1. The minimum absolute atomic E-state index is 0.0393. The van der Waals surface area contributed by atoms with Gasteiger partial charge in [0.15, 0.2) is 0 Å². The number of nitrogens with two attached hydrogens (primary N) is 1. The number of rotatable bonds is 7. The maximum atomic E-state index is 12.1. The molecule has 1 atom stereocenters. The van der Waals surface area contributed by atoms with E-state index in [2.05, 4.69) is 36.5 Å². The normalized spacial score (nSPS) is 12.6. The molecule has 0 saturated heterocycles. The average molecular weight is 360 g/mol. The van der Waals surface area contributed by atoms with Gasteiger partial charge >= 0.3 is 0 Å². The van der Waals surface area contributed by atoms with Crippen LogP contribution in [0.15, 0.2) is 53.4 Å². The summed E-state index contributed by atoms with van der Waals surface area (Å²) in [6.45, 7) is 3.97. The third-order valence-electron chi connectivity index (χ3n) is 4.16. The predicted molar refractivity (Wildman–Crippen MR) is 98.5 cm³/mol. The van der Waals surface area contributed by atoms with Gasteiger partial charge in [-0.3, -0.25) is 4.79 Å². The van der Waals surface area contributed by atoms with Gasteiger partial charge in [-0.15, -0.1) is 0 Å². The van der Waals surface area contributed by atoms with E-state index < -0.39 is 10.0 Å². The molecule has 2 aromatic carbocycles. The molecular formula is C19H24N2O3S. The summed E-state index contributed by atoms with van der Waals surface area (Å²) in [4.78, 5) is 12.2. The molecule has 0 unspecified atom stereocenters. The maximum absolute atomic E-state index is 12.1. The molecule has 0 spiro atoms. The van der Waals surface area contributed by atoms with E-state index in [0.29, 0.717) is 12.8 Å². The van der Waals surface area contributed by atoms with Crippen LogP contribution < -0.4 is 10.5 Å². The summed E-state index contributed by atoms with van der Waals surface area (Å²) >= 11 is 0. The van der Waals surface area contributed by atoms with Gasteiger partial charge < -0.3 is 5.32 Å². The van der Waals surface area contributed by atoms with E-state index in [9.17, 15) is 13.2 Å². The van der Waals surface area contributed by atoms with Crippen LogP contribution in [0.4, 0.5) is 0 Å². The highest BCUT2D eigenvalue weighted by molar-refractivity contribution is 7.89. The number of carbonyl (C=O) groups excluding carboxylic acids is 1. The second kappa shape index (κ2) is 8.27. The van der Waals surface area contributed by atoms with Gasteiger partial charge in [0.05, 0.1) is 10.9 Å². The van der Waals surface area contributed by atoms with Crippen molar-refractivity contribution in [3.63, 3.8) is 0 Å². The monoisotopic (exact) mass is 360 g/mol. The van der Waals surface area contributed by atoms with E-state index >= 15 is 0 Å². The Labute approximate surface area is 149 Å². The molecule has 0 aliphatic carbocycles. The summed E-state index contributed by atoms with van der Waals surface area (Å²) in [6.07, 6.45) is 2.10. The van der Waals surface area contributed by atoms with Crippen molar-refractivity contribution in [1.82, 2.24) is 5.32 Å². The molecule has 0 radical (unpaired) electrons. The van der Waals surface area contributed by atoms with Crippen LogP contribution in [-0.2, 0) is 27.7 Å². The molecule has 0 fully saturated rings. The van der Waals surface area contributed by atoms with Gasteiger partial charge in [0.25, 0.3) is 0 Å². The van der Waals surface area contributed by atoms with Crippen LogP contribution in [0.1, 0.15) is 43.0 Å². The van der Waals surface area contributed by atoms with Gasteiger partial charge in [0.1, 0.15) is 0 Å². The van der Waals surface area contributed by atoms with Crippen molar-refractivity contribution in [1.29, 1.82) is 0 Å². The largest absolute Gasteiger partial charge is 0.350 e. The number of amides is 1. The summed E-state index contributed by atoms with van der Waals surface area (Å²) in [5, 5.41) is 8.01. The number of primary sulfonamides is 1. The number of aryl methyl sites for hydroxylation is 2. The van der Waals surface area contributed by atoms with Crippen molar-refractivity contribution in [3.05, 3.63) is 65.2 Å². The molecule has 0 heterocycles. The molecule has 0 aromatic heterocycles. The highest BCUT2D eigenvalue weighted by Crippen LogP contribution is 2.16. The molecule has 6 heteroatoms. The maximum Gasteiger partial charge on any atom is 0.238 e. The van der Waals surface area contributed by atoms with Crippen LogP contribution in [-0.4, -0.2) is 14.3 Å². The van der Waals surface area contributed by atoms with Gasteiger partial charge in [-0.2, -0.15) is 0 Å². The molecule has 3 N–H and O–H groups in total. The zero-order chi connectivity index (χ0) is 18.4. The number of hydrogen-bond acceptors (Lipinski definition) is 3. The SMILES string of the molecule is CCc1ccc(CCC(=O)N[C@H](C)c2ccc(S(N)(=O)=O)cc2)cc1. The Balaban J connectivity index is 1.88. The lowest BCUT2D eigenvalue weighted by atomic mass is 10.1. The van der Waals surface area contributed by atoms with E-state index in [0.717, 1.165) is 17.5 Å². The molecular weight excluding hydrogens is 336 g/mol. The van der Waals surface area contributed by atoms with Crippen molar-refractivity contribution >= 4 is 15.9 Å². The van der Waals surface area contributed by atoms with Crippen LogP contribution in [0, 0.1) is 0 Å². The van der Waals surface area contributed by atoms with Crippen molar-refractivity contribution < 1.29 is 13.2 Å². The lowest BCUT2D eigenvalue weighted by Gasteiger charge is -2.15. The first kappa shape index (κ1) is 19.1. The van der Waals surface area contributed by atoms with Gasteiger partial charge in [-0.1, -0.05) is 43.3 Å². The second-order valence-electron chi connectivity index (χ2n) is 6.07. The zero-order valence-corrected chi connectivity index (χ0v) is 15.3. The first-order valence-electron chi connectivity index (χ1n) is 8.29. The minimum atomic E-state index is -3.70. The first-order chi connectivity index (χ1) is 11.8. The Hall–Kier alpha value is -2.18. The Bertz CT molecular complexity index is 813. The van der Waals surface area contributed by atoms with Crippen LogP contribution in [0.25, 0.3) is 0 Å². The first-order valence-corrected chi connectivity index (χ1v) is 9.84. The zero-order valence-electron chi connectivity index (χ0n) is 14.5. The Morgan fingerprint density at radius 3 is 2.12 bits per heavy atom. The fraction of sp³-hybridized carbons (Fsp3) is 0.316. The topological polar surface area (TPSA) is 89.3 Å². The van der Waals surface area contributed by atoms with E-state index in [1.54, 1.807) is 12.1 Å². The molecule has 25 heavy (non-hydrogen) atoms. The molecule has 2 rings (SSSR count). The lowest BCUT2D eigenvalue weighted by molar-refractivity contribution is -0.121. The van der Waals surface area contributed by atoms with Gasteiger partial charge in [0.2, 0.25) is 15.9 Å². The number of hydrogen-bond donors (Lipinski definition) is 2. The van der Waals surface area contributed by atoms with Gasteiger partial charge in [-0.25, -0.2) is 13.6 Å². The molecule has 0 aliphatic rings. The molecule has 5 nitrogen and oxygen atoms in total. The molecule has 0 aliphatic heterocycles. The highest BCUT2D eigenvalue weighted by Gasteiger charge is 2.12. The van der Waals surface area contributed by atoms with Crippen molar-refractivity contribution in [3.8, 4) is 0 Å². The van der Waals surface area contributed by atoms with Crippen molar-refractivity contribution in [2.45, 2.75) is 44.0 Å². The van der Waals surface area contributed by atoms with Crippen LogP contribution in [0.2, 0.25) is 0 Å². The fourth-order valence-electron chi connectivity index (χ4n) is 2.54. The number of nitrogens with one attached hydrogen (secondary N) is 1. The summed E-state index contributed by atoms with van der Waals surface area (Å²) in [5.74, 6) is -0.0393. The van der Waals surface area contributed by atoms with Crippen LogP contribution >= 0.6 is 0 Å². The minimum Gasteiger partial charge on any atom is -0.350 e. The summed E-state index contributed by atoms with van der Waals surface area (Å²) in [7, 11) is -3.70. The Morgan fingerprint density at radius 1 is 1.04 bits per heavy atom. The van der Waals surface area contributed by atoms with E-state index in [4.69, 9.17) is 5.14 Å². The molecule has 2 aromatic rings. The smallest absolute Gasteiger partial charge is 0.238 e. The summed E-state index contributed by atoms with van der Waals surface area (Å²) < 4.78 is 22.5.